The molecule has 0 aromatic carbocycles. The van der Waals surface area contributed by atoms with Gasteiger partial charge in [0.25, 0.3) is 0 Å². The lowest BCUT2D eigenvalue weighted by Crippen LogP contribution is -2.14. The number of aliphatic hydroxyl groups excluding tert-OH is 1. The Morgan fingerprint density at radius 2 is 2.27 bits per heavy atom. The van der Waals surface area contributed by atoms with Gasteiger partial charge in [-0.25, -0.2) is 4.39 Å². The van der Waals surface area contributed by atoms with Crippen LogP contribution in [0.4, 0.5) is 4.39 Å². The molecule has 1 aliphatic rings. The first kappa shape index (κ1) is 10.3. The van der Waals surface area contributed by atoms with E-state index in [0.717, 1.165) is 25.5 Å². The molecule has 2 rings (SSSR count). The molecule has 2 nitrogen and oxygen atoms in total. The van der Waals surface area contributed by atoms with Gasteiger partial charge in [0.2, 0.25) is 0 Å². The average molecular weight is 207 g/mol. The van der Waals surface area contributed by atoms with Crippen molar-refractivity contribution >= 4 is 0 Å². The van der Waals surface area contributed by atoms with Crippen molar-refractivity contribution in [2.75, 3.05) is 0 Å². The lowest BCUT2D eigenvalue weighted by atomic mass is 9.86. The summed E-state index contributed by atoms with van der Waals surface area (Å²) in [7, 11) is 0. The third-order valence-electron chi connectivity index (χ3n) is 2.82. The van der Waals surface area contributed by atoms with E-state index in [-0.39, 0.29) is 5.92 Å². The molecule has 2 unspecified atom stereocenters. The van der Waals surface area contributed by atoms with Crippen LogP contribution in [0.1, 0.15) is 30.9 Å². The fourth-order valence-electron chi connectivity index (χ4n) is 1.97. The predicted molar refractivity (Wildman–Crippen MR) is 55.6 cm³/mol. The summed E-state index contributed by atoms with van der Waals surface area (Å²) in [6.45, 7) is 0. The zero-order valence-electron chi connectivity index (χ0n) is 8.44. The van der Waals surface area contributed by atoms with Gasteiger partial charge in [0.15, 0.2) is 0 Å². The predicted octanol–water partition coefficient (Wildman–Crippen LogP) is 2.61. The SMILES string of the molecule is OC(c1cncc(F)c1)C1CC=CCC1. The highest BCUT2D eigenvalue weighted by molar-refractivity contribution is 5.15. The number of aromatic nitrogens is 1. The molecule has 0 radical (unpaired) electrons. The summed E-state index contributed by atoms with van der Waals surface area (Å²) in [4.78, 5) is 3.75. The van der Waals surface area contributed by atoms with Crippen LogP contribution in [0.2, 0.25) is 0 Å². The fourth-order valence-corrected chi connectivity index (χ4v) is 1.97. The summed E-state index contributed by atoms with van der Waals surface area (Å²) < 4.78 is 12.9. The van der Waals surface area contributed by atoms with E-state index >= 15 is 0 Å². The summed E-state index contributed by atoms with van der Waals surface area (Å²) in [5.41, 5.74) is 0.579. The molecule has 1 aromatic heterocycles. The van der Waals surface area contributed by atoms with E-state index in [1.807, 2.05) is 0 Å². The first-order valence-electron chi connectivity index (χ1n) is 5.21. The molecular formula is C12H14FNO. The van der Waals surface area contributed by atoms with Crippen molar-refractivity contribution in [3.05, 3.63) is 42.0 Å². The Morgan fingerprint density at radius 3 is 2.93 bits per heavy atom. The Labute approximate surface area is 88.5 Å². The van der Waals surface area contributed by atoms with E-state index in [2.05, 4.69) is 17.1 Å². The molecule has 0 fully saturated rings. The quantitative estimate of drug-likeness (QED) is 0.756. The van der Waals surface area contributed by atoms with E-state index in [0.29, 0.717) is 5.56 Å². The number of nitrogens with zero attached hydrogens (tertiary/aromatic N) is 1. The Bertz CT molecular complexity index is 364. The molecule has 2 atom stereocenters. The van der Waals surface area contributed by atoms with Crippen molar-refractivity contribution < 1.29 is 9.50 Å². The molecule has 15 heavy (non-hydrogen) atoms. The smallest absolute Gasteiger partial charge is 0.141 e. The fraction of sp³-hybridized carbons (Fsp3) is 0.417. The van der Waals surface area contributed by atoms with Crippen LogP contribution in [0.15, 0.2) is 30.6 Å². The van der Waals surface area contributed by atoms with Gasteiger partial charge < -0.3 is 5.11 Å². The van der Waals surface area contributed by atoms with Gasteiger partial charge in [0.1, 0.15) is 5.82 Å². The molecule has 80 valence electrons. The van der Waals surface area contributed by atoms with Crippen molar-refractivity contribution in [3.8, 4) is 0 Å². The monoisotopic (exact) mass is 207 g/mol. The normalized spacial score (nSPS) is 22.7. The molecule has 0 saturated carbocycles. The highest BCUT2D eigenvalue weighted by Gasteiger charge is 2.21. The third-order valence-corrected chi connectivity index (χ3v) is 2.82. The van der Waals surface area contributed by atoms with Crippen LogP contribution in [-0.2, 0) is 0 Å². The van der Waals surface area contributed by atoms with E-state index in [1.54, 1.807) is 0 Å². The Balaban J connectivity index is 2.12. The first-order valence-corrected chi connectivity index (χ1v) is 5.21. The van der Waals surface area contributed by atoms with Crippen molar-refractivity contribution in [3.63, 3.8) is 0 Å². The van der Waals surface area contributed by atoms with Crippen molar-refractivity contribution in [2.45, 2.75) is 25.4 Å². The molecule has 1 aromatic rings. The third kappa shape index (κ3) is 2.42. The minimum absolute atomic E-state index is 0.193. The first-order chi connectivity index (χ1) is 7.27. The van der Waals surface area contributed by atoms with Crippen molar-refractivity contribution in [1.82, 2.24) is 4.98 Å². The zero-order chi connectivity index (χ0) is 10.7. The number of hydrogen-bond donors (Lipinski definition) is 1. The number of halogens is 1. The second kappa shape index (κ2) is 4.53. The standard InChI is InChI=1S/C12H14FNO/c13-11-6-10(7-14-8-11)12(15)9-4-2-1-3-5-9/h1-2,6-9,12,15H,3-5H2. The van der Waals surface area contributed by atoms with Gasteiger partial charge in [-0.2, -0.15) is 0 Å². The van der Waals surface area contributed by atoms with Crippen LogP contribution in [0, 0.1) is 11.7 Å². The highest BCUT2D eigenvalue weighted by atomic mass is 19.1. The zero-order valence-corrected chi connectivity index (χ0v) is 8.44. The second-order valence-electron chi connectivity index (χ2n) is 3.93. The lowest BCUT2D eigenvalue weighted by molar-refractivity contribution is 0.102. The minimum atomic E-state index is -0.599. The van der Waals surface area contributed by atoms with Gasteiger partial charge in [-0.15, -0.1) is 0 Å². The van der Waals surface area contributed by atoms with Gasteiger partial charge in [-0.1, -0.05) is 12.2 Å². The topological polar surface area (TPSA) is 33.1 Å². The van der Waals surface area contributed by atoms with Crippen molar-refractivity contribution in [1.29, 1.82) is 0 Å². The Hall–Kier alpha value is -1.22. The van der Waals surface area contributed by atoms with Gasteiger partial charge in [0, 0.05) is 11.8 Å². The number of aliphatic hydroxyl groups is 1. The van der Waals surface area contributed by atoms with Gasteiger partial charge in [0.05, 0.1) is 12.3 Å². The number of allylic oxidation sites excluding steroid dienone is 2. The van der Waals surface area contributed by atoms with Crippen LogP contribution in [0.5, 0.6) is 0 Å². The van der Waals surface area contributed by atoms with Gasteiger partial charge in [-0.05, 0) is 31.2 Å². The minimum Gasteiger partial charge on any atom is -0.388 e. The molecule has 0 aliphatic heterocycles. The summed E-state index contributed by atoms with van der Waals surface area (Å²) in [6, 6.07) is 1.36. The summed E-state index contributed by atoms with van der Waals surface area (Å²) in [6.07, 6.45) is 9.08. The van der Waals surface area contributed by atoms with Crippen molar-refractivity contribution in [2.24, 2.45) is 5.92 Å². The molecular weight excluding hydrogens is 193 g/mol. The molecule has 0 saturated heterocycles. The number of hydrogen-bond acceptors (Lipinski definition) is 2. The Morgan fingerprint density at radius 1 is 1.40 bits per heavy atom. The molecule has 1 N–H and O–H groups in total. The van der Waals surface area contributed by atoms with E-state index in [9.17, 15) is 9.50 Å². The van der Waals surface area contributed by atoms with Crippen LogP contribution in [-0.4, -0.2) is 10.1 Å². The molecule has 0 bridgehead atoms. The van der Waals surface area contributed by atoms with Crippen LogP contribution >= 0.6 is 0 Å². The average Bonchev–Trinajstić information content (AvgIpc) is 2.29. The Kier molecular flexibility index (Phi) is 3.11. The largest absolute Gasteiger partial charge is 0.388 e. The molecule has 1 aliphatic carbocycles. The summed E-state index contributed by atoms with van der Waals surface area (Å²) in [5.74, 6) is -0.198. The van der Waals surface area contributed by atoms with Gasteiger partial charge in [-0.3, -0.25) is 4.98 Å². The second-order valence-corrected chi connectivity index (χ2v) is 3.93. The number of pyridine rings is 1. The van der Waals surface area contributed by atoms with Crippen LogP contribution in [0.3, 0.4) is 0 Å². The molecule has 0 spiro atoms. The molecule has 0 amide bonds. The maximum Gasteiger partial charge on any atom is 0.141 e. The maximum atomic E-state index is 12.9. The molecule has 3 heteroatoms. The van der Waals surface area contributed by atoms with Crippen LogP contribution < -0.4 is 0 Å². The maximum absolute atomic E-state index is 12.9. The van der Waals surface area contributed by atoms with E-state index < -0.39 is 11.9 Å². The lowest BCUT2D eigenvalue weighted by Gasteiger charge is -2.23. The highest BCUT2D eigenvalue weighted by Crippen LogP contribution is 2.31. The van der Waals surface area contributed by atoms with E-state index in [1.165, 1.54) is 12.3 Å². The summed E-state index contributed by atoms with van der Waals surface area (Å²) >= 11 is 0. The van der Waals surface area contributed by atoms with E-state index in [4.69, 9.17) is 0 Å². The molecule has 1 heterocycles. The van der Waals surface area contributed by atoms with Crippen LogP contribution in [0.25, 0.3) is 0 Å². The summed E-state index contributed by atoms with van der Waals surface area (Å²) in [5, 5.41) is 10.0. The number of rotatable bonds is 2. The van der Waals surface area contributed by atoms with Gasteiger partial charge >= 0.3 is 0 Å².